The molecule has 0 aliphatic heterocycles. The Hall–Kier alpha value is -5.53. The van der Waals surface area contributed by atoms with E-state index in [2.05, 4.69) is 152 Å². The van der Waals surface area contributed by atoms with Gasteiger partial charge in [0.1, 0.15) is 0 Å². The van der Waals surface area contributed by atoms with Crippen molar-refractivity contribution in [2.45, 2.75) is 0 Å². The topological polar surface area (TPSA) is 23.8 Å². The standard InChI is InChI=1S/C43H25NS2/c44-26-34-23-30(27-7-5-8-28(21-27)31-16-19-38-36-11-1-3-13-40(36)45-42(38)24-31)15-18-35(34)33-10-6-9-29(22-33)32-17-20-39-37-12-2-4-14-41(37)46-43(39)25-32/h1-25H. The average Bonchev–Trinajstić information content (AvgIpc) is 3.69. The summed E-state index contributed by atoms with van der Waals surface area (Å²) in [6.45, 7) is 0. The molecule has 0 amide bonds. The minimum Gasteiger partial charge on any atom is -0.192 e. The lowest BCUT2D eigenvalue weighted by molar-refractivity contribution is 1.47. The maximum atomic E-state index is 10.3. The SMILES string of the molecule is N#Cc1cc(-c2cccc(-c3ccc4c(c3)sc3ccccc34)c2)ccc1-c1cccc(-c2ccc3c(c2)sc2ccccc23)c1. The lowest BCUT2D eigenvalue weighted by atomic mass is 9.92. The van der Waals surface area contributed by atoms with Crippen LogP contribution >= 0.6 is 22.7 Å². The second-order valence-electron chi connectivity index (χ2n) is 11.7. The summed E-state index contributed by atoms with van der Waals surface area (Å²) in [7, 11) is 0. The number of thiophene rings is 2. The van der Waals surface area contributed by atoms with Gasteiger partial charge in [-0.15, -0.1) is 22.7 Å². The van der Waals surface area contributed by atoms with Gasteiger partial charge < -0.3 is 0 Å². The lowest BCUT2D eigenvalue weighted by Crippen LogP contribution is -1.88. The molecule has 0 fully saturated rings. The Kier molecular flexibility index (Phi) is 6.31. The largest absolute Gasteiger partial charge is 0.192 e. The first-order chi connectivity index (χ1) is 22.7. The van der Waals surface area contributed by atoms with Gasteiger partial charge in [-0.05, 0) is 87.0 Å². The van der Waals surface area contributed by atoms with E-state index in [0.29, 0.717) is 5.56 Å². The van der Waals surface area contributed by atoms with E-state index in [-0.39, 0.29) is 0 Å². The molecule has 0 N–H and O–H groups in total. The zero-order valence-corrected chi connectivity index (χ0v) is 26.3. The third kappa shape index (κ3) is 4.51. The van der Waals surface area contributed by atoms with Crippen LogP contribution in [-0.2, 0) is 0 Å². The molecule has 0 saturated carbocycles. The van der Waals surface area contributed by atoms with Gasteiger partial charge in [0.2, 0.25) is 0 Å². The minimum absolute atomic E-state index is 0.673. The molecular weight excluding hydrogens is 595 g/mol. The smallest absolute Gasteiger partial charge is 0.0998 e. The summed E-state index contributed by atoms with van der Waals surface area (Å²) in [4.78, 5) is 0. The first kappa shape index (κ1) is 26.8. The van der Waals surface area contributed by atoms with Crippen molar-refractivity contribution in [3.8, 4) is 50.6 Å². The molecule has 0 aliphatic carbocycles. The van der Waals surface area contributed by atoms with E-state index in [0.717, 1.165) is 27.8 Å². The van der Waals surface area contributed by atoms with Crippen LogP contribution in [0.25, 0.3) is 84.9 Å². The van der Waals surface area contributed by atoms with Gasteiger partial charge in [-0.25, -0.2) is 0 Å². The molecule has 2 heterocycles. The zero-order chi connectivity index (χ0) is 30.6. The zero-order valence-electron chi connectivity index (χ0n) is 24.7. The van der Waals surface area contributed by atoms with Gasteiger partial charge in [-0.1, -0.05) is 109 Å². The summed E-state index contributed by atoms with van der Waals surface area (Å²) in [5, 5.41) is 15.5. The Labute approximate surface area is 274 Å². The van der Waals surface area contributed by atoms with Crippen LogP contribution in [0.2, 0.25) is 0 Å². The van der Waals surface area contributed by atoms with Gasteiger partial charge >= 0.3 is 0 Å². The summed E-state index contributed by atoms with van der Waals surface area (Å²) in [5.41, 5.74) is 9.50. The highest BCUT2D eigenvalue weighted by molar-refractivity contribution is 7.26. The lowest BCUT2D eigenvalue weighted by Gasteiger charge is -2.11. The molecule has 0 aliphatic rings. The van der Waals surface area contributed by atoms with Crippen LogP contribution in [0.15, 0.2) is 152 Å². The van der Waals surface area contributed by atoms with Crippen molar-refractivity contribution < 1.29 is 0 Å². The van der Waals surface area contributed by atoms with Crippen LogP contribution in [0.4, 0.5) is 0 Å². The van der Waals surface area contributed by atoms with Crippen molar-refractivity contribution in [3.63, 3.8) is 0 Å². The van der Waals surface area contributed by atoms with Crippen molar-refractivity contribution >= 4 is 63.0 Å². The molecule has 0 bridgehead atoms. The summed E-state index contributed by atoms with van der Waals surface area (Å²) in [6, 6.07) is 56.6. The molecule has 214 valence electrons. The minimum atomic E-state index is 0.673. The molecule has 0 saturated heterocycles. The molecule has 9 aromatic rings. The van der Waals surface area contributed by atoms with Crippen molar-refractivity contribution in [1.29, 1.82) is 5.26 Å². The molecule has 3 heteroatoms. The normalized spacial score (nSPS) is 11.5. The van der Waals surface area contributed by atoms with Crippen molar-refractivity contribution in [3.05, 3.63) is 157 Å². The second kappa shape index (κ2) is 10.8. The maximum Gasteiger partial charge on any atom is 0.0998 e. The summed E-state index contributed by atoms with van der Waals surface area (Å²) >= 11 is 3.68. The van der Waals surface area contributed by atoms with E-state index in [4.69, 9.17) is 0 Å². The van der Waals surface area contributed by atoms with Crippen LogP contribution in [0.5, 0.6) is 0 Å². The highest BCUT2D eigenvalue weighted by Crippen LogP contribution is 2.39. The van der Waals surface area contributed by atoms with Crippen molar-refractivity contribution in [2.75, 3.05) is 0 Å². The fraction of sp³-hybridized carbons (Fsp3) is 0. The Balaban J connectivity index is 1.05. The number of hydrogen-bond acceptors (Lipinski definition) is 3. The van der Waals surface area contributed by atoms with Crippen LogP contribution in [0.1, 0.15) is 5.56 Å². The molecule has 2 aromatic heterocycles. The Bertz CT molecular complexity index is 2670. The molecule has 7 aromatic carbocycles. The van der Waals surface area contributed by atoms with Crippen LogP contribution < -0.4 is 0 Å². The van der Waals surface area contributed by atoms with Crippen LogP contribution in [-0.4, -0.2) is 0 Å². The molecule has 0 unspecified atom stereocenters. The van der Waals surface area contributed by atoms with Gasteiger partial charge in [0.15, 0.2) is 0 Å². The molecular formula is C43H25NS2. The monoisotopic (exact) mass is 619 g/mol. The first-order valence-electron chi connectivity index (χ1n) is 15.3. The van der Waals surface area contributed by atoms with Gasteiger partial charge in [-0.2, -0.15) is 5.26 Å². The summed E-state index contributed by atoms with van der Waals surface area (Å²) in [6.07, 6.45) is 0. The number of rotatable bonds is 4. The second-order valence-corrected chi connectivity index (χ2v) is 13.8. The molecule has 9 rings (SSSR count). The van der Waals surface area contributed by atoms with Crippen molar-refractivity contribution in [2.24, 2.45) is 0 Å². The summed E-state index contributed by atoms with van der Waals surface area (Å²) < 4.78 is 5.21. The number of hydrogen-bond donors (Lipinski definition) is 0. The van der Waals surface area contributed by atoms with Gasteiger partial charge in [0.25, 0.3) is 0 Å². The highest BCUT2D eigenvalue weighted by Gasteiger charge is 2.12. The predicted octanol–water partition coefficient (Wildman–Crippen LogP) is 13.0. The fourth-order valence-corrected chi connectivity index (χ4v) is 8.91. The fourth-order valence-electron chi connectivity index (χ4n) is 6.62. The Morgan fingerprint density at radius 1 is 0.348 bits per heavy atom. The predicted molar refractivity (Wildman–Crippen MR) is 199 cm³/mol. The van der Waals surface area contributed by atoms with E-state index < -0.39 is 0 Å². The molecule has 0 atom stereocenters. The molecule has 46 heavy (non-hydrogen) atoms. The third-order valence-corrected chi connectivity index (χ3v) is 11.2. The summed E-state index contributed by atoms with van der Waals surface area (Å²) in [5.74, 6) is 0. The van der Waals surface area contributed by atoms with Gasteiger partial charge in [-0.3, -0.25) is 0 Å². The molecule has 0 radical (unpaired) electrons. The number of nitriles is 1. The maximum absolute atomic E-state index is 10.3. The van der Waals surface area contributed by atoms with Crippen LogP contribution in [0.3, 0.4) is 0 Å². The highest BCUT2D eigenvalue weighted by atomic mass is 32.1. The first-order valence-corrected chi connectivity index (χ1v) is 16.9. The average molecular weight is 620 g/mol. The van der Waals surface area contributed by atoms with E-state index >= 15 is 0 Å². The quantitative estimate of drug-likeness (QED) is 0.192. The third-order valence-electron chi connectivity index (χ3n) is 8.93. The Morgan fingerprint density at radius 2 is 0.783 bits per heavy atom. The molecule has 0 spiro atoms. The van der Waals surface area contributed by atoms with Crippen LogP contribution in [0, 0.1) is 11.3 Å². The van der Waals surface area contributed by atoms with E-state index in [9.17, 15) is 5.26 Å². The van der Waals surface area contributed by atoms with Crippen molar-refractivity contribution in [1.82, 2.24) is 0 Å². The van der Waals surface area contributed by atoms with E-state index in [1.165, 1.54) is 57.0 Å². The number of benzene rings is 7. The Morgan fingerprint density at radius 3 is 1.35 bits per heavy atom. The van der Waals surface area contributed by atoms with Gasteiger partial charge in [0.05, 0.1) is 11.6 Å². The van der Waals surface area contributed by atoms with E-state index in [1.54, 1.807) is 0 Å². The molecule has 1 nitrogen and oxygen atoms in total. The number of fused-ring (bicyclic) bond motifs is 6. The van der Waals surface area contributed by atoms with Gasteiger partial charge in [0, 0.05) is 40.3 Å². The number of nitrogens with zero attached hydrogens (tertiary/aromatic N) is 1. The van der Waals surface area contributed by atoms with E-state index in [1.807, 2.05) is 28.7 Å².